The van der Waals surface area contributed by atoms with Gasteiger partial charge in [-0.1, -0.05) is 37.6 Å². The van der Waals surface area contributed by atoms with Gasteiger partial charge in [0.05, 0.1) is 11.1 Å². The smallest absolute Gasteiger partial charge is 0.138 e. The molecule has 0 aliphatic heterocycles. The summed E-state index contributed by atoms with van der Waals surface area (Å²) in [7, 11) is 0. The Morgan fingerprint density at radius 1 is 1.35 bits per heavy atom. The molecule has 0 spiro atoms. The molecule has 1 unspecified atom stereocenters. The summed E-state index contributed by atoms with van der Waals surface area (Å²) < 4.78 is 0. The number of benzene rings is 1. The van der Waals surface area contributed by atoms with Crippen LogP contribution in [0.3, 0.4) is 0 Å². The third kappa shape index (κ3) is 4.94. The van der Waals surface area contributed by atoms with E-state index in [1.807, 2.05) is 6.07 Å². The van der Waals surface area contributed by atoms with Gasteiger partial charge in [-0.2, -0.15) is 0 Å². The zero-order chi connectivity index (χ0) is 12.8. The van der Waals surface area contributed by atoms with Crippen molar-refractivity contribution >= 4 is 11.6 Å². The van der Waals surface area contributed by atoms with Gasteiger partial charge in [0.25, 0.3) is 0 Å². The molecule has 1 atom stereocenters. The largest absolute Gasteiger partial charge is 0.506 e. The van der Waals surface area contributed by atoms with Gasteiger partial charge in [-0.05, 0) is 18.4 Å². The number of hydrogen-bond donors (Lipinski definition) is 3. The molecule has 0 heterocycles. The molecule has 0 saturated heterocycles. The highest BCUT2D eigenvalue weighted by Gasteiger charge is 2.08. The summed E-state index contributed by atoms with van der Waals surface area (Å²) in [6, 6.07) is 5.25. The fraction of sp³-hybridized carbons (Fsp3) is 0.538. The van der Waals surface area contributed by atoms with Gasteiger partial charge in [0, 0.05) is 18.7 Å². The molecular formula is C13H20ClNO2. The Kier molecular flexibility index (Phi) is 5.75. The van der Waals surface area contributed by atoms with E-state index >= 15 is 0 Å². The molecule has 0 fully saturated rings. The van der Waals surface area contributed by atoms with Crippen LogP contribution in [0.4, 0.5) is 0 Å². The maximum atomic E-state index is 9.67. The average molecular weight is 258 g/mol. The van der Waals surface area contributed by atoms with Gasteiger partial charge in [0.15, 0.2) is 0 Å². The summed E-state index contributed by atoms with van der Waals surface area (Å²) in [6.45, 7) is 5.17. The molecule has 4 heteroatoms. The minimum atomic E-state index is -0.351. The topological polar surface area (TPSA) is 52.5 Å². The predicted octanol–water partition coefficient (Wildman–Crippen LogP) is 2.54. The van der Waals surface area contributed by atoms with Crippen LogP contribution in [0.2, 0.25) is 5.02 Å². The summed E-state index contributed by atoms with van der Waals surface area (Å²) in [5.74, 6) is 0.589. The van der Waals surface area contributed by atoms with E-state index in [9.17, 15) is 10.2 Å². The van der Waals surface area contributed by atoms with Crippen molar-refractivity contribution in [1.82, 2.24) is 5.32 Å². The molecule has 1 aromatic rings. The maximum Gasteiger partial charge on any atom is 0.138 e. The maximum absolute atomic E-state index is 9.67. The Hall–Kier alpha value is -0.770. The van der Waals surface area contributed by atoms with Gasteiger partial charge < -0.3 is 15.5 Å². The van der Waals surface area contributed by atoms with Crippen LogP contribution in [-0.2, 0) is 6.54 Å². The molecule has 0 saturated carbocycles. The van der Waals surface area contributed by atoms with E-state index in [1.165, 1.54) is 0 Å². The SMILES string of the molecule is CC(C)CC(O)CNCc1cccc(Cl)c1O. The second-order valence-corrected chi connectivity index (χ2v) is 5.07. The predicted molar refractivity (Wildman–Crippen MR) is 70.3 cm³/mol. The van der Waals surface area contributed by atoms with Crippen LogP contribution in [-0.4, -0.2) is 22.9 Å². The number of aromatic hydroxyl groups is 1. The van der Waals surface area contributed by atoms with Crippen LogP contribution in [0.25, 0.3) is 0 Å². The summed E-state index contributed by atoms with van der Waals surface area (Å²) in [5, 5.41) is 22.8. The van der Waals surface area contributed by atoms with Crippen LogP contribution in [0.15, 0.2) is 18.2 Å². The van der Waals surface area contributed by atoms with Gasteiger partial charge in [0.1, 0.15) is 5.75 Å². The normalized spacial score (nSPS) is 13.0. The molecule has 96 valence electrons. The van der Waals surface area contributed by atoms with Crippen molar-refractivity contribution in [3.63, 3.8) is 0 Å². The van der Waals surface area contributed by atoms with Crippen LogP contribution in [0.5, 0.6) is 5.75 Å². The van der Waals surface area contributed by atoms with E-state index in [0.29, 0.717) is 24.0 Å². The van der Waals surface area contributed by atoms with Gasteiger partial charge >= 0.3 is 0 Å². The lowest BCUT2D eigenvalue weighted by molar-refractivity contribution is 0.146. The number of nitrogens with one attached hydrogen (secondary N) is 1. The Morgan fingerprint density at radius 3 is 2.71 bits per heavy atom. The number of hydrogen-bond acceptors (Lipinski definition) is 3. The quantitative estimate of drug-likeness (QED) is 0.734. The molecule has 1 aromatic carbocycles. The monoisotopic (exact) mass is 257 g/mol. The van der Waals surface area contributed by atoms with Gasteiger partial charge in [-0.25, -0.2) is 0 Å². The minimum Gasteiger partial charge on any atom is -0.506 e. The first-order valence-corrected chi connectivity index (χ1v) is 6.23. The Labute approximate surface area is 107 Å². The van der Waals surface area contributed by atoms with Crippen molar-refractivity contribution in [1.29, 1.82) is 0 Å². The average Bonchev–Trinajstić information content (AvgIpc) is 2.23. The van der Waals surface area contributed by atoms with E-state index in [1.54, 1.807) is 12.1 Å². The molecule has 1 rings (SSSR count). The van der Waals surface area contributed by atoms with Crippen molar-refractivity contribution in [2.24, 2.45) is 5.92 Å². The van der Waals surface area contributed by atoms with E-state index in [-0.39, 0.29) is 11.9 Å². The van der Waals surface area contributed by atoms with Gasteiger partial charge in [-0.3, -0.25) is 0 Å². The summed E-state index contributed by atoms with van der Waals surface area (Å²) >= 11 is 5.80. The van der Waals surface area contributed by atoms with Crippen LogP contribution in [0, 0.1) is 5.92 Å². The Bertz CT molecular complexity index is 355. The fourth-order valence-electron chi connectivity index (χ4n) is 1.70. The number of aliphatic hydroxyl groups excluding tert-OH is 1. The molecule has 3 N–H and O–H groups in total. The van der Waals surface area contributed by atoms with Crippen molar-refractivity contribution in [3.8, 4) is 5.75 Å². The molecule has 0 radical (unpaired) electrons. The van der Waals surface area contributed by atoms with Crippen molar-refractivity contribution in [2.75, 3.05) is 6.54 Å². The Balaban J connectivity index is 2.38. The number of halogens is 1. The van der Waals surface area contributed by atoms with E-state index in [4.69, 9.17) is 11.6 Å². The summed E-state index contributed by atoms with van der Waals surface area (Å²) in [4.78, 5) is 0. The number of para-hydroxylation sites is 1. The van der Waals surface area contributed by atoms with Gasteiger partial charge in [0.2, 0.25) is 0 Å². The lowest BCUT2D eigenvalue weighted by atomic mass is 10.1. The van der Waals surface area contributed by atoms with E-state index in [2.05, 4.69) is 19.2 Å². The Morgan fingerprint density at radius 2 is 2.06 bits per heavy atom. The third-order valence-electron chi connectivity index (χ3n) is 2.51. The molecule has 17 heavy (non-hydrogen) atoms. The number of phenolic OH excluding ortho intramolecular Hbond substituents is 1. The van der Waals surface area contributed by atoms with E-state index < -0.39 is 0 Å². The van der Waals surface area contributed by atoms with Crippen LogP contribution < -0.4 is 5.32 Å². The van der Waals surface area contributed by atoms with E-state index in [0.717, 1.165) is 12.0 Å². The van der Waals surface area contributed by atoms with Gasteiger partial charge in [-0.15, -0.1) is 0 Å². The number of rotatable bonds is 6. The zero-order valence-electron chi connectivity index (χ0n) is 10.3. The molecule has 0 aromatic heterocycles. The second-order valence-electron chi connectivity index (χ2n) is 4.66. The van der Waals surface area contributed by atoms with Crippen molar-refractivity contribution < 1.29 is 10.2 Å². The summed E-state index contributed by atoms with van der Waals surface area (Å²) in [6.07, 6.45) is 0.422. The van der Waals surface area contributed by atoms with Crippen LogP contribution >= 0.6 is 11.6 Å². The first-order chi connectivity index (χ1) is 8.00. The molecule has 3 nitrogen and oxygen atoms in total. The highest BCUT2D eigenvalue weighted by Crippen LogP contribution is 2.26. The third-order valence-corrected chi connectivity index (χ3v) is 2.81. The first-order valence-electron chi connectivity index (χ1n) is 5.85. The molecular weight excluding hydrogens is 238 g/mol. The molecule has 0 aliphatic rings. The molecule has 0 aliphatic carbocycles. The number of aliphatic hydroxyl groups is 1. The standard InChI is InChI=1S/C13H20ClNO2/c1-9(2)6-11(16)8-15-7-10-4-3-5-12(14)13(10)17/h3-5,9,11,15-17H,6-8H2,1-2H3. The first kappa shape index (κ1) is 14.3. The highest BCUT2D eigenvalue weighted by molar-refractivity contribution is 6.32. The highest BCUT2D eigenvalue weighted by atomic mass is 35.5. The molecule has 0 amide bonds. The second kappa shape index (κ2) is 6.84. The lowest BCUT2D eigenvalue weighted by Crippen LogP contribution is -2.27. The van der Waals surface area contributed by atoms with Crippen molar-refractivity contribution in [3.05, 3.63) is 28.8 Å². The summed E-state index contributed by atoms with van der Waals surface area (Å²) in [5.41, 5.74) is 0.745. The minimum absolute atomic E-state index is 0.111. The lowest BCUT2D eigenvalue weighted by Gasteiger charge is -2.14. The zero-order valence-corrected chi connectivity index (χ0v) is 11.0. The number of phenols is 1. The van der Waals surface area contributed by atoms with Crippen LogP contribution in [0.1, 0.15) is 25.8 Å². The fourth-order valence-corrected chi connectivity index (χ4v) is 1.90. The molecule has 0 bridgehead atoms. The van der Waals surface area contributed by atoms with Crippen molar-refractivity contribution in [2.45, 2.75) is 32.9 Å².